The van der Waals surface area contributed by atoms with Gasteiger partial charge in [-0.05, 0) is 104 Å². The fourth-order valence-electron chi connectivity index (χ4n) is 3.37. The van der Waals surface area contributed by atoms with E-state index in [0.717, 1.165) is 20.1 Å². The highest BCUT2D eigenvalue weighted by atomic mass is 79.9. The number of hydrogen-bond acceptors (Lipinski definition) is 6. The van der Waals surface area contributed by atoms with Gasteiger partial charge in [-0.15, -0.1) is 0 Å². The van der Waals surface area contributed by atoms with Crippen molar-refractivity contribution in [2.75, 3.05) is 13.2 Å². The largest absolute Gasteiger partial charge is 0.491 e. The Kier molecular flexibility index (Phi) is 10.4. The average molecular weight is 720 g/mol. The fraction of sp³-hybridized carbons (Fsp3) is 0.478. The number of aliphatic hydroxyl groups excluding tert-OH is 2. The predicted octanol–water partition coefficient (Wildman–Crippen LogP) is 7.29. The molecular formula is C23H28Br4O6. The van der Waals surface area contributed by atoms with Gasteiger partial charge in [0.15, 0.2) is 24.1 Å². The molecule has 0 saturated heterocycles. The van der Waals surface area contributed by atoms with Crippen molar-refractivity contribution >= 4 is 63.7 Å². The Bertz CT molecular complexity index is 914. The Hall–Kier alpha value is -0.520. The molecule has 2 unspecified atom stereocenters. The summed E-state index contributed by atoms with van der Waals surface area (Å²) < 4.78 is 25.8. The number of ether oxygens (including phenoxy) is 4. The van der Waals surface area contributed by atoms with Crippen LogP contribution in [0.5, 0.6) is 23.0 Å². The molecule has 33 heavy (non-hydrogen) atoms. The molecule has 10 heteroatoms. The molecule has 0 aliphatic carbocycles. The second kappa shape index (κ2) is 11.9. The lowest BCUT2D eigenvalue weighted by atomic mass is 9.77. The lowest BCUT2D eigenvalue weighted by molar-refractivity contribution is -0.00308. The van der Waals surface area contributed by atoms with Gasteiger partial charge in [0.1, 0.15) is 20.4 Å². The van der Waals surface area contributed by atoms with E-state index >= 15 is 0 Å². The van der Waals surface area contributed by atoms with Crippen molar-refractivity contribution in [1.82, 2.24) is 0 Å². The van der Waals surface area contributed by atoms with Crippen LogP contribution in [0.15, 0.2) is 30.0 Å². The van der Waals surface area contributed by atoms with Gasteiger partial charge in [0, 0.05) is 16.5 Å². The minimum atomic E-state index is -1.06. The van der Waals surface area contributed by atoms with Crippen LogP contribution in [0.3, 0.4) is 0 Å². The molecule has 2 N–H and O–H groups in total. The molecule has 0 aromatic heterocycles. The molecule has 0 aliphatic heterocycles. The number of halogens is 4. The molecule has 6 nitrogen and oxygen atoms in total. The topological polar surface area (TPSA) is 77.4 Å². The van der Waals surface area contributed by atoms with Crippen LogP contribution in [-0.2, 0) is 5.41 Å². The normalized spacial score (nSPS) is 13.5. The zero-order chi connectivity index (χ0) is 25.1. The third kappa shape index (κ3) is 6.38. The SMILES string of the molecule is CCOc1c(Br)cc(C(C)(C)c2cc(Br)c(OCC)c(Br)c2OC(C)O)c(OC(C)O)c1Br. The van der Waals surface area contributed by atoms with Gasteiger partial charge in [-0.1, -0.05) is 13.8 Å². The summed E-state index contributed by atoms with van der Waals surface area (Å²) in [5.41, 5.74) is 0.785. The predicted molar refractivity (Wildman–Crippen MR) is 143 cm³/mol. The van der Waals surface area contributed by atoms with Gasteiger partial charge in [-0.3, -0.25) is 0 Å². The lowest BCUT2D eigenvalue weighted by Gasteiger charge is -2.33. The maximum Gasteiger partial charge on any atom is 0.194 e. The smallest absolute Gasteiger partial charge is 0.194 e. The van der Waals surface area contributed by atoms with E-state index in [1.165, 1.54) is 13.8 Å². The molecule has 0 amide bonds. The fourth-order valence-corrected chi connectivity index (χ4v) is 6.25. The van der Waals surface area contributed by atoms with Crippen molar-refractivity contribution in [3.8, 4) is 23.0 Å². The molecule has 184 valence electrons. The summed E-state index contributed by atoms with van der Waals surface area (Å²) in [4.78, 5) is 0. The van der Waals surface area contributed by atoms with E-state index < -0.39 is 18.0 Å². The van der Waals surface area contributed by atoms with Crippen molar-refractivity contribution in [1.29, 1.82) is 0 Å². The molecule has 2 aromatic carbocycles. The first kappa shape index (κ1) is 28.7. The highest BCUT2D eigenvalue weighted by Gasteiger charge is 2.36. The van der Waals surface area contributed by atoms with Crippen LogP contribution in [0.2, 0.25) is 0 Å². The van der Waals surface area contributed by atoms with E-state index in [1.807, 2.05) is 39.8 Å². The van der Waals surface area contributed by atoms with Crippen LogP contribution in [0, 0.1) is 0 Å². The maximum absolute atomic E-state index is 10.1. The Morgan fingerprint density at radius 1 is 0.727 bits per heavy atom. The molecule has 0 fully saturated rings. The van der Waals surface area contributed by atoms with Crippen LogP contribution >= 0.6 is 63.7 Å². The average Bonchev–Trinajstić information content (AvgIpc) is 2.71. The quantitative estimate of drug-likeness (QED) is 0.251. The summed E-state index contributed by atoms with van der Waals surface area (Å²) in [6.45, 7) is 11.8. The van der Waals surface area contributed by atoms with E-state index in [9.17, 15) is 10.2 Å². The molecule has 0 heterocycles. The minimum absolute atomic E-state index is 0.436. The van der Waals surface area contributed by atoms with Gasteiger partial charge in [0.05, 0.1) is 22.2 Å². The summed E-state index contributed by atoms with van der Waals surface area (Å²) in [5.74, 6) is 2.01. The first-order valence-electron chi connectivity index (χ1n) is 10.4. The summed E-state index contributed by atoms with van der Waals surface area (Å²) >= 11 is 14.4. The lowest BCUT2D eigenvalue weighted by Crippen LogP contribution is -2.25. The van der Waals surface area contributed by atoms with Crippen molar-refractivity contribution in [2.45, 2.75) is 59.5 Å². The van der Waals surface area contributed by atoms with Crippen LogP contribution in [0.25, 0.3) is 0 Å². The minimum Gasteiger partial charge on any atom is -0.491 e. The molecule has 0 radical (unpaired) electrons. The van der Waals surface area contributed by atoms with Crippen molar-refractivity contribution in [2.24, 2.45) is 0 Å². The highest BCUT2D eigenvalue weighted by molar-refractivity contribution is 9.11. The second-order valence-electron chi connectivity index (χ2n) is 7.68. The number of aliphatic hydroxyl groups is 2. The molecular weight excluding hydrogens is 692 g/mol. The van der Waals surface area contributed by atoms with E-state index in [4.69, 9.17) is 18.9 Å². The van der Waals surface area contributed by atoms with E-state index in [0.29, 0.717) is 45.2 Å². The first-order chi connectivity index (χ1) is 15.4. The maximum atomic E-state index is 10.1. The molecule has 0 saturated carbocycles. The zero-order valence-corrected chi connectivity index (χ0v) is 25.6. The van der Waals surface area contributed by atoms with Gasteiger partial charge in [0.25, 0.3) is 0 Å². The summed E-state index contributed by atoms with van der Waals surface area (Å²) in [6, 6.07) is 3.80. The van der Waals surface area contributed by atoms with Crippen molar-refractivity contribution in [3.05, 3.63) is 41.2 Å². The molecule has 2 rings (SSSR count). The zero-order valence-electron chi connectivity index (χ0n) is 19.3. The van der Waals surface area contributed by atoms with Crippen LogP contribution < -0.4 is 18.9 Å². The van der Waals surface area contributed by atoms with Crippen molar-refractivity contribution < 1.29 is 29.2 Å². The van der Waals surface area contributed by atoms with Crippen LogP contribution in [0.1, 0.15) is 52.7 Å². The summed E-state index contributed by atoms with van der Waals surface area (Å²) in [5, 5.41) is 20.1. The molecule has 2 aromatic rings. The molecule has 0 bridgehead atoms. The first-order valence-corrected chi connectivity index (χ1v) is 13.5. The monoisotopic (exact) mass is 716 g/mol. The van der Waals surface area contributed by atoms with Gasteiger partial charge < -0.3 is 29.2 Å². The Labute approximate surface area is 228 Å². The third-order valence-corrected chi connectivity index (χ3v) is 7.38. The summed E-state index contributed by atoms with van der Waals surface area (Å²) in [7, 11) is 0. The summed E-state index contributed by atoms with van der Waals surface area (Å²) in [6.07, 6.45) is -2.11. The number of hydrogen-bond donors (Lipinski definition) is 2. The molecule has 0 aliphatic rings. The van der Waals surface area contributed by atoms with Gasteiger partial charge in [-0.2, -0.15) is 0 Å². The Morgan fingerprint density at radius 3 is 1.33 bits per heavy atom. The third-order valence-electron chi connectivity index (χ3n) is 4.76. The van der Waals surface area contributed by atoms with E-state index in [1.54, 1.807) is 0 Å². The number of rotatable bonds is 10. The van der Waals surface area contributed by atoms with Crippen LogP contribution in [0.4, 0.5) is 0 Å². The number of benzene rings is 2. The van der Waals surface area contributed by atoms with E-state index in [-0.39, 0.29) is 0 Å². The Balaban J connectivity index is 2.87. The molecule has 0 spiro atoms. The van der Waals surface area contributed by atoms with Gasteiger partial charge >= 0.3 is 0 Å². The molecule has 2 atom stereocenters. The standard InChI is InChI=1S/C23H28Br4O6/c1-7-30-21-15(24)9-13(19(17(21)26)32-11(3)28)23(5,6)14-10-16(25)22(31-8-2)18(27)20(14)33-12(4)29/h9-12,28-29H,7-8H2,1-6H3. The van der Waals surface area contributed by atoms with Crippen molar-refractivity contribution in [3.63, 3.8) is 0 Å². The second-order valence-corrected chi connectivity index (χ2v) is 11.0. The highest BCUT2D eigenvalue weighted by Crippen LogP contribution is 2.53. The van der Waals surface area contributed by atoms with Crippen LogP contribution in [-0.4, -0.2) is 36.0 Å². The van der Waals surface area contributed by atoms with Gasteiger partial charge in [-0.25, -0.2) is 0 Å². The van der Waals surface area contributed by atoms with E-state index in [2.05, 4.69) is 63.7 Å². The Morgan fingerprint density at radius 2 is 1.06 bits per heavy atom. The van der Waals surface area contributed by atoms with Gasteiger partial charge in [0.2, 0.25) is 0 Å².